The molecular formula is C15H26N6. The van der Waals surface area contributed by atoms with Gasteiger partial charge in [0.1, 0.15) is 5.84 Å². The van der Waals surface area contributed by atoms with Crippen LogP contribution in [0.2, 0.25) is 0 Å². The molecule has 0 spiro atoms. The SMILES string of the molecule is CCN1CCCC1CN(C)c1nnc(C)c(C)c1C(=N)N. The number of nitrogens with zero attached hydrogens (tertiary/aromatic N) is 4. The lowest BCUT2D eigenvalue weighted by Crippen LogP contribution is -2.40. The quantitative estimate of drug-likeness (QED) is 0.631. The van der Waals surface area contributed by atoms with Crippen LogP contribution in [-0.2, 0) is 0 Å². The first-order valence-corrected chi connectivity index (χ1v) is 7.59. The Kier molecular flexibility index (Phi) is 4.77. The highest BCUT2D eigenvalue weighted by atomic mass is 15.3. The number of nitrogens with one attached hydrogen (secondary N) is 1. The van der Waals surface area contributed by atoms with Crippen LogP contribution in [0.3, 0.4) is 0 Å². The number of nitrogens with two attached hydrogens (primary N) is 1. The molecule has 1 saturated heterocycles. The Morgan fingerprint density at radius 2 is 2.14 bits per heavy atom. The van der Waals surface area contributed by atoms with Crippen molar-refractivity contribution in [2.24, 2.45) is 5.73 Å². The molecule has 0 radical (unpaired) electrons. The second-order valence-corrected chi connectivity index (χ2v) is 5.83. The van der Waals surface area contributed by atoms with E-state index in [4.69, 9.17) is 11.1 Å². The highest BCUT2D eigenvalue weighted by Gasteiger charge is 2.26. The molecule has 116 valence electrons. The Morgan fingerprint density at radius 3 is 2.76 bits per heavy atom. The van der Waals surface area contributed by atoms with Crippen LogP contribution < -0.4 is 10.6 Å². The topological polar surface area (TPSA) is 82.1 Å². The molecular weight excluding hydrogens is 264 g/mol. The Hall–Kier alpha value is -1.69. The minimum absolute atomic E-state index is 0.0612. The summed E-state index contributed by atoms with van der Waals surface area (Å²) in [5.74, 6) is 0.777. The molecule has 1 aliphatic rings. The van der Waals surface area contributed by atoms with Gasteiger partial charge in [-0.25, -0.2) is 0 Å². The van der Waals surface area contributed by atoms with Gasteiger partial charge >= 0.3 is 0 Å². The summed E-state index contributed by atoms with van der Waals surface area (Å²) in [5, 5.41) is 16.3. The third-order valence-corrected chi connectivity index (χ3v) is 4.46. The Labute approximate surface area is 126 Å². The van der Waals surface area contributed by atoms with Crippen LogP contribution in [0.4, 0.5) is 5.82 Å². The number of likely N-dealkylation sites (tertiary alicyclic amines) is 1. The highest BCUT2D eigenvalue weighted by Crippen LogP contribution is 2.23. The fourth-order valence-corrected chi connectivity index (χ4v) is 3.11. The summed E-state index contributed by atoms with van der Waals surface area (Å²) < 4.78 is 0. The van der Waals surface area contributed by atoms with Gasteiger partial charge in [0.05, 0.1) is 11.3 Å². The number of aryl methyl sites for hydroxylation is 1. The van der Waals surface area contributed by atoms with Crippen LogP contribution in [0.15, 0.2) is 0 Å². The number of likely N-dealkylation sites (N-methyl/N-ethyl adjacent to an activating group) is 2. The average Bonchev–Trinajstić information content (AvgIpc) is 2.88. The van der Waals surface area contributed by atoms with E-state index < -0.39 is 0 Å². The number of hydrogen-bond donors (Lipinski definition) is 2. The van der Waals surface area contributed by atoms with Crippen molar-refractivity contribution in [3.05, 3.63) is 16.8 Å². The van der Waals surface area contributed by atoms with E-state index in [-0.39, 0.29) is 5.84 Å². The molecule has 1 aromatic heterocycles. The summed E-state index contributed by atoms with van der Waals surface area (Å²) in [7, 11) is 2.01. The fourth-order valence-electron chi connectivity index (χ4n) is 3.11. The van der Waals surface area contributed by atoms with Crippen LogP contribution in [0.5, 0.6) is 0 Å². The molecule has 1 aromatic rings. The van der Waals surface area contributed by atoms with Crippen molar-refractivity contribution in [2.45, 2.75) is 39.7 Å². The maximum absolute atomic E-state index is 7.84. The summed E-state index contributed by atoms with van der Waals surface area (Å²) in [4.78, 5) is 4.59. The number of aromatic nitrogens is 2. The molecule has 0 amide bonds. The van der Waals surface area contributed by atoms with E-state index in [9.17, 15) is 0 Å². The van der Waals surface area contributed by atoms with Crippen molar-refractivity contribution < 1.29 is 0 Å². The number of nitrogen functional groups attached to an aromatic ring is 1. The van der Waals surface area contributed by atoms with Gasteiger partial charge in [-0.15, -0.1) is 5.10 Å². The molecule has 0 bridgehead atoms. The Balaban J connectivity index is 2.25. The normalized spacial score (nSPS) is 19.0. The molecule has 1 fully saturated rings. The van der Waals surface area contributed by atoms with Gasteiger partial charge in [-0.3, -0.25) is 10.3 Å². The summed E-state index contributed by atoms with van der Waals surface area (Å²) >= 11 is 0. The van der Waals surface area contributed by atoms with E-state index in [0.717, 1.165) is 24.3 Å². The number of rotatable bonds is 5. The van der Waals surface area contributed by atoms with Crippen molar-refractivity contribution in [3.8, 4) is 0 Å². The van der Waals surface area contributed by atoms with Gasteiger partial charge < -0.3 is 10.6 Å². The van der Waals surface area contributed by atoms with E-state index in [1.54, 1.807) is 0 Å². The van der Waals surface area contributed by atoms with E-state index in [1.165, 1.54) is 19.4 Å². The van der Waals surface area contributed by atoms with Crippen LogP contribution in [0.1, 0.15) is 36.6 Å². The highest BCUT2D eigenvalue weighted by molar-refractivity contribution is 6.01. The molecule has 6 nitrogen and oxygen atoms in total. The molecule has 3 N–H and O–H groups in total. The van der Waals surface area contributed by atoms with Crippen LogP contribution in [0, 0.1) is 19.3 Å². The second-order valence-electron chi connectivity index (χ2n) is 5.83. The molecule has 0 saturated carbocycles. The van der Waals surface area contributed by atoms with Gasteiger partial charge in [0, 0.05) is 19.6 Å². The summed E-state index contributed by atoms with van der Waals surface area (Å²) in [6, 6.07) is 0.545. The summed E-state index contributed by atoms with van der Waals surface area (Å²) in [6.07, 6.45) is 2.47. The maximum Gasteiger partial charge on any atom is 0.162 e. The van der Waals surface area contributed by atoms with Crippen molar-refractivity contribution in [2.75, 3.05) is 31.6 Å². The van der Waals surface area contributed by atoms with E-state index >= 15 is 0 Å². The number of anilines is 1. The van der Waals surface area contributed by atoms with Gasteiger partial charge in [0.2, 0.25) is 0 Å². The zero-order valence-electron chi connectivity index (χ0n) is 13.5. The summed E-state index contributed by atoms with van der Waals surface area (Å²) in [5.41, 5.74) is 8.25. The molecule has 0 aromatic carbocycles. The first kappa shape index (κ1) is 15.7. The lowest BCUT2D eigenvalue weighted by atomic mass is 10.1. The van der Waals surface area contributed by atoms with Gasteiger partial charge in [0.15, 0.2) is 5.82 Å². The number of amidine groups is 1. The summed E-state index contributed by atoms with van der Waals surface area (Å²) in [6.45, 7) is 9.20. The van der Waals surface area contributed by atoms with Crippen molar-refractivity contribution in [1.82, 2.24) is 15.1 Å². The minimum atomic E-state index is 0.0612. The molecule has 6 heteroatoms. The number of hydrogen-bond acceptors (Lipinski definition) is 5. The van der Waals surface area contributed by atoms with Crippen LogP contribution in [0.25, 0.3) is 0 Å². The van der Waals surface area contributed by atoms with E-state index in [2.05, 4.69) is 26.9 Å². The van der Waals surface area contributed by atoms with E-state index in [1.807, 2.05) is 20.9 Å². The van der Waals surface area contributed by atoms with Gasteiger partial charge in [0.25, 0.3) is 0 Å². The van der Waals surface area contributed by atoms with Crippen molar-refractivity contribution in [3.63, 3.8) is 0 Å². The van der Waals surface area contributed by atoms with Gasteiger partial charge in [-0.2, -0.15) is 5.10 Å². The predicted molar refractivity (Wildman–Crippen MR) is 86.1 cm³/mol. The average molecular weight is 290 g/mol. The van der Waals surface area contributed by atoms with Crippen LogP contribution in [-0.4, -0.2) is 53.7 Å². The first-order chi connectivity index (χ1) is 9.95. The smallest absolute Gasteiger partial charge is 0.162 e. The van der Waals surface area contributed by atoms with E-state index in [0.29, 0.717) is 17.4 Å². The van der Waals surface area contributed by atoms with Gasteiger partial charge in [-0.1, -0.05) is 6.92 Å². The molecule has 2 heterocycles. The monoisotopic (exact) mass is 290 g/mol. The lowest BCUT2D eigenvalue weighted by molar-refractivity contribution is 0.270. The largest absolute Gasteiger partial charge is 0.384 e. The van der Waals surface area contributed by atoms with Crippen molar-refractivity contribution in [1.29, 1.82) is 5.41 Å². The Morgan fingerprint density at radius 1 is 1.43 bits per heavy atom. The predicted octanol–water partition coefficient (Wildman–Crippen LogP) is 1.30. The lowest BCUT2D eigenvalue weighted by Gasteiger charge is -2.29. The zero-order chi connectivity index (χ0) is 15.6. The second kappa shape index (κ2) is 6.39. The molecule has 1 atom stereocenters. The fraction of sp³-hybridized carbons (Fsp3) is 0.667. The molecule has 1 aliphatic heterocycles. The first-order valence-electron chi connectivity index (χ1n) is 7.59. The zero-order valence-corrected chi connectivity index (χ0v) is 13.5. The minimum Gasteiger partial charge on any atom is -0.384 e. The Bertz CT molecular complexity index is 527. The molecule has 0 aliphatic carbocycles. The molecule has 21 heavy (non-hydrogen) atoms. The molecule has 1 unspecified atom stereocenters. The standard InChI is InChI=1S/C15H26N6/c1-5-21-8-6-7-12(21)9-20(4)15-13(14(16)17)10(2)11(3)18-19-15/h12H,5-9H2,1-4H3,(H3,16,17). The van der Waals surface area contributed by atoms with Gasteiger partial charge in [-0.05, 0) is 45.3 Å². The third kappa shape index (κ3) is 3.15. The van der Waals surface area contributed by atoms with Crippen LogP contribution >= 0.6 is 0 Å². The third-order valence-electron chi connectivity index (χ3n) is 4.46. The maximum atomic E-state index is 7.84. The van der Waals surface area contributed by atoms with Crippen molar-refractivity contribution >= 4 is 11.7 Å². The molecule has 2 rings (SSSR count).